The van der Waals surface area contributed by atoms with E-state index in [4.69, 9.17) is 0 Å². The van der Waals surface area contributed by atoms with Crippen LogP contribution in [0, 0.1) is 13.8 Å². The molecule has 98 valence electrons. The Hall–Kier alpha value is -1.88. The maximum Gasteiger partial charge on any atom is 0.152 e. The van der Waals surface area contributed by atoms with Gasteiger partial charge < -0.3 is 5.32 Å². The Kier molecular flexibility index (Phi) is 2.98. The summed E-state index contributed by atoms with van der Waals surface area (Å²) in [6.45, 7) is 6.27. The van der Waals surface area contributed by atoms with Crippen LogP contribution in [0.3, 0.4) is 0 Å². The first-order valence-corrected chi connectivity index (χ1v) is 7.09. The SMILES string of the molecule is Cc1cc2c(NC(C)c3ccc(C)s3)nccn2n1. The molecule has 19 heavy (non-hydrogen) atoms. The van der Waals surface area contributed by atoms with E-state index in [0.29, 0.717) is 0 Å². The third-order valence-electron chi connectivity index (χ3n) is 3.05. The van der Waals surface area contributed by atoms with Crippen molar-refractivity contribution in [3.05, 3.63) is 46.0 Å². The average molecular weight is 272 g/mol. The normalized spacial score (nSPS) is 12.8. The van der Waals surface area contributed by atoms with Crippen LogP contribution in [0.25, 0.3) is 5.52 Å². The van der Waals surface area contributed by atoms with Crippen molar-refractivity contribution in [1.29, 1.82) is 0 Å². The Morgan fingerprint density at radius 1 is 1.32 bits per heavy atom. The molecule has 3 heterocycles. The minimum Gasteiger partial charge on any atom is -0.361 e. The van der Waals surface area contributed by atoms with E-state index in [0.717, 1.165) is 17.0 Å². The highest BCUT2D eigenvalue weighted by molar-refractivity contribution is 7.12. The number of fused-ring (bicyclic) bond motifs is 1. The number of nitrogens with one attached hydrogen (secondary N) is 1. The summed E-state index contributed by atoms with van der Waals surface area (Å²) in [5, 5.41) is 7.86. The third kappa shape index (κ3) is 2.33. The summed E-state index contributed by atoms with van der Waals surface area (Å²) in [6.07, 6.45) is 3.64. The molecule has 1 atom stereocenters. The van der Waals surface area contributed by atoms with Gasteiger partial charge in [0.15, 0.2) is 5.82 Å². The fourth-order valence-corrected chi connectivity index (χ4v) is 3.00. The fraction of sp³-hybridized carbons (Fsp3) is 0.286. The Bertz CT molecular complexity index is 713. The zero-order valence-corrected chi connectivity index (χ0v) is 12.0. The van der Waals surface area contributed by atoms with Crippen LogP contribution >= 0.6 is 11.3 Å². The first-order valence-electron chi connectivity index (χ1n) is 6.27. The van der Waals surface area contributed by atoms with Crippen LogP contribution in [-0.2, 0) is 0 Å². The summed E-state index contributed by atoms with van der Waals surface area (Å²) < 4.78 is 1.86. The van der Waals surface area contributed by atoms with Gasteiger partial charge in [0.1, 0.15) is 5.52 Å². The minimum atomic E-state index is 0.243. The zero-order chi connectivity index (χ0) is 13.4. The van der Waals surface area contributed by atoms with Crippen LogP contribution in [-0.4, -0.2) is 14.6 Å². The van der Waals surface area contributed by atoms with Crippen LogP contribution in [0.5, 0.6) is 0 Å². The van der Waals surface area contributed by atoms with Gasteiger partial charge in [-0.25, -0.2) is 9.50 Å². The van der Waals surface area contributed by atoms with Gasteiger partial charge in [0.05, 0.1) is 11.7 Å². The van der Waals surface area contributed by atoms with Crippen molar-refractivity contribution in [2.45, 2.75) is 26.8 Å². The number of aromatic nitrogens is 3. The number of hydrogen-bond acceptors (Lipinski definition) is 4. The summed E-state index contributed by atoms with van der Waals surface area (Å²) in [4.78, 5) is 7.07. The smallest absolute Gasteiger partial charge is 0.152 e. The van der Waals surface area contributed by atoms with E-state index < -0.39 is 0 Å². The molecule has 0 saturated heterocycles. The van der Waals surface area contributed by atoms with Gasteiger partial charge in [-0.05, 0) is 39.0 Å². The lowest BCUT2D eigenvalue weighted by atomic mass is 10.2. The molecule has 0 spiro atoms. The van der Waals surface area contributed by atoms with Crippen molar-refractivity contribution in [1.82, 2.24) is 14.6 Å². The number of rotatable bonds is 3. The minimum absolute atomic E-state index is 0.243. The van der Waals surface area contributed by atoms with Gasteiger partial charge in [0.2, 0.25) is 0 Å². The first-order chi connectivity index (χ1) is 9.13. The van der Waals surface area contributed by atoms with Gasteiger partial charge in [0.25, 0.3) is 0 Å². The standard InChI is InChI=1S/C14H16N4S/c1-9-8-12-14(15-6-7-18(12)17-9)16-11(3)13-5-4-10(2)19-13/h4-8,11H,1-3H3,(H,15,16). The Labute approximate surface area is 116 Å². The van der Waals surface area contributed by atoms with Crippen LogP contribution in [0.4, 0.5) is 5.82 Å². The molecule has 4 nitrogen and oxygen atoms in total. The zero-order valence-electron chi connectivity index (χ0n) is 11.2. The second-order valence-corrected chi connectivity index (χ2v) is 6.03. The lowest BCUT2D eigenvalue weighted by Crippen LogP contribution is -2.07. The summed E-state index contributed by atoms with van der Waals surface area (Å²) in [6, 6.07) is 6.60. The highest BCUT2D eigenvalue weighted by Gasteiger charge is 2.11. The molecule has 0 aromatic carbocycles. The maximum atomic E-state index is 4.43. The van der Waals surface area contributed by atoms with Crippen LogP contribution in [0.2, 0.25) is 0 Å². The third-order valence-corrected chi connectivity index (χ3v) is 4.24. The molecule has 3 aromatic rings. The van der Waals surface area contributed by atoms with Gasteiger partial charge in [-0.1, -0.05) is 0 Å². The van der Waals surface area contributed by atoms with E-state index in [2.05, 4.69) is 41.4 Å². The second-order valence-electron chi connectivity index (χ2n) is 4.71. The molecule has 5 heteroatoms. The van der Waals surface area contributed by atoms with Crippen molar-refractivity contribution >= 4 is 22.7 Å². The van der Waals surface area contributed by atoms with E-state index in [1.807, 2.05) is 35.0 Å². The van der Waals surface area contributed by atoms with Crippen molar-refractivity contribution in [2.75, 3.05) is 5.32 Å². The average Bonchev–Trinajstić information content (AvgIpc) is 2.95. The molecule has 1 unspecified atom stereocenters. The van der Waals surface area contributed by atoms with Gasteiger partial charge in [-0.3, -0.25) is 0 Å². The maximum absolute atomic E-state index is 4.43. The topological polar surface area (TPSA) is 42.2 Å². The molecule has 0 bridgehead atoms. The van der Waals surface area contributed by atoms with Crippen molar-refractivity contribution < 1.29 is 0 Å². The lowest BCUT2D eigenvalue weighted by Gasteiger charge is -2.13. The van der Waals surface area contributed by atoms with Crippen LogP contribution in [0.1, 0.15) is 28.4 Å². The molecule has 0 aliphatic carbocycles. The largest absolute Gasteiger partial charge is 0.361 e. The van der Waals surface area contributed by atoms with Crippen LogP contribution in [0.15, 0.2) is 30.6 Å². The molecule has 3 rings (SSSR count). The van der Waals surface area contributed by atoms with Gasteiger partial charge in [0, 0.05) is 22.1 Å². The number of anilines is 1. The van der Waals surface area contributed by atoms with E-state index in [9.17, 15) is 0 Å². The summed E-state index contributed by atoms with van der Waals surface area (Å²) in [5.41, 5.74) is 2.01. The summed E-state index contributed by atoms with van der Waals surface area (Å²) >= 11 is 1.81. The summed E-state index contributed by atoms with van der Waals surface area (Å²) in [5.74, 6) is 0.877. The van der Waals surface area contributed by atoms with Crippen LogP contribution < -0.4 is 5.32 Å². The van der Waals surface area contributed by atoms with E-state index in [1.54, 1.807) is 6.20 Å². The van der Waals surface area contributed by atoms with Crippen molar-refractivity contribution in [3.63, 3.8) is 0 Å². The molecule has 0 saturated carbocycles. The Morgan fingerprint density at radius 3 is 2.89 bits per heavy atom. The predicted molar refractivity (Wildman–Crippen MR) is 78.8 cm³/mol. The monoisotopic (exact) mass is 272 g/mol. The highest BCUT2D eigenvalue weighted by Crippen LogP contribution is 2.26. The molecule has 1 N–H and O–H groups in total. The van der Waals surface area contributed by atoms with E-state index in [-0.39, 0.29) is 6.04 Å². The van der Waals surface area contributed by atoms with E-state index >= 15 is 0 Å². The number of thiophene rings is 1. The molecule has 0 radical (unpaired) electrons. The molecule has 0 fully saturated rings. The van der Waals surface area contributed by atoms with Crippen molar-refractivity contribution in [3.8, 4) is 0 Å². The lowest BCUT2D eigenvalue weighted by molar-refractivity contribution is 0.880. The number of nitrogens with zero attached hydrogens (tertiary/aromatic N) is 3. The van der Waals surface area contributed by atoms with Crippen molar-refractivity contribution in [2.24, 2.45) is 0 Å². The first kappa shape index (κ1) is 12.2. The molecule has 0 aliphatic heterocycles. The van der Waals surface area contributed by atoms with E-state index in [1.165, 1.54) is 9.75 Å². The molecule has 0 amide bonds. The molecule has 3 aromatic heterocycles. The Morgan fingerprint density at radius 2 is 2.16 bits per heavy atom. The fourth-order valence-electron chi connectivity index (χ4n) is 2.12. The second kappa shape index (κ2) is 4.66. The summed E-state index contributed by atoms with van der Waals surface area (Å²) in [7, 11) is 0. The highest BCUT2D eigenvalue weighted by atomic mass is 32.1. The quantitative estimate of drug-likeness (QED) is 0.792. The Balaban J connectivity index is 1.92. The molecular formula is C14H16N4S. The van der Waals surface area contributed by atoms with Gasteiger partial charge >= 0.3 is 0 Å². The van der Waals surface area contributed by atoms with Gasteiger partial charge in [-0.15, -0.1) is 11.3 Å². The number of aryl methyl sites for hydroxylation is 2. The number of hydrogen-bond donors (Lipinski definition) is 1. The molecular weight excluding hydrogens is 256 g/mol. The predicted octanol–water partition coefficient (Wildman–Crippen LogP) is 3.58. The molecule has 0 aliphatic rings. The van der Waals surface area contributed by atoms with Gasteiger partial charge in [-0.2, -0.15) is 5.10 Å².